The lowest BCUT2D eigenvalue weighted by Crippen LogP contribution is -2.21. The first-order valence-corrected chi connectivity index (χ1v) is 10.4. The fourth-order valence-electron chi connectivity index (χ4n) is 3.63. The van der Waals surface area contributed by atoms with Gasteiger partial charge in [0.1, 0.15) is 5.52 Å². The summed E-state index contributed by atoms with van der Waals surface area (Å²) in [5, 5.41) is 1.06. The monoisotopic (exact) mass is 435 g/mol. The summed E-state index contributed by atoms with van der Waals surface area (Å²) in [6.45, 7) is 6.17. The van der Waals surface area contributed by atoms with Crippen LogP contribution in [0.4, 0.5) is 0 Å². The largest absolute Gasteiger partial charge is 0.466 e. The molecule has 5 nitrogen and oxygen atoms in total. The Kier molecular flexibility index (Phi) is 5.94. The Bertz CT molecular complexity index is 867. The average Bonchev–Trinajstić information content (AvgIpc) is 3.31. The van der Waals surface area contributed by atoms with Crippen LogP contribution in [0.3, 0.4) is 0 Å². The highest BCUT2D eigenvalue weighted by Crippen LogP contribution is 2.53. The van der Waals surface area contributed by atoms with Crippen LogP contribution in [0.2, 0.25) is 0 Å². The van der Waals surface area contributed by atoms with Crippen LogP contribution >= 0.6 is 15.9 Å². The van der Waals surface area contributed by atoms with E-state index in [0.717, 1.165) is 52.3 Å². The third kappa shape index (κ3) is 4.21. The minimum Gasteiger partial charge on any atom is -0.466 e. The molecule has 27 heavy (non-hydrogen) atoms. The highest BCUT2D eigenvalue weighted by Gasteiger charge is 2.45. The maximum absolute atomic E-state index is 12.1. The molecule has 0 amide bonds. The molecular formula is C21H26BrNO4. The van der Waals surface area contributed by atoms with Crippen LogP contribution in [0, 0.1) is 12.3 Å². The number of ether oxygens (including phenoxy) is 1. The Morgan fingerprint density at radius 1 is 1.22 bits per heavy atom. The molecule has 1 fully saturated rings. The zero-order valence-electron chi connectivity index (χ0n) is 16.1. The van der Waals surface area contributed by atoms with E-state index in [1.165, 1.54) is 0 Å². The number of halogens is 1. The van der Waals surface area contributed by atoms with Gasteiger partial charge in [-0.1, -0.05) is 19.1 Å². The molecule has 0 N–H and O–H groups in total. The van der Waals surface area contributed by atoms with Crippen molar-refractivity contribution >= 4 is 38.8 Å². The standard InChI is InChI=1S/C21H26BrNO4/c1-4-7-18(24)27-23-14(3)16(15-8-6-9-17(22)20(15)23)12-21(10-11-21)13-19(25)26-5-2/h6,8-9H,4-5,7,10-13H2,1-3H3. The van der Waals surface area contributed by atoms with Gasteiger partial charge in [0.05, 0.1) is 18.7 Å². The molecule has 1 heterocycles. The Morgan fingerprint density at radius 2 is 1.96 bits per heavy atom. The van der Waals surface area contributed by atoms with Gasteiger partial charge in [0.15, 0.2) is 0 Å². The van der Waals surface area contributed by atoms with E-state index in [4.69, 9.17) is 9.57 Å². The number of rotatable bonds is 8. The van der Waals surface area contributed by atoms with E-state index < -0.39 is 0 Å². The third-order valence-electron chi connectivity index (χ3n) is 5.24. The molecule has 1 aliphatic rings. The number of aromatic nitrogens is 1. The van der Waals surface area contributed by atoms with E-state index in [1.54, 1.807) is 4.73 Å². The molecule has 0 bridgehead atoms. The second-order valence-corrected chi connectivity index (χ2v) is 8.22. The summed E-state index contributed by atoms with van der Waals surface area (Å²) in [5.74, 6) is -0.376. The average molecular weight is 436 g/mol. The minimum atomic E-state index is -0.243. The summed E-state index contributed by atoms with van der Waals surface area (Å²) in [6.07, 6.45) is 4.38. The molecule has 1 aliphatic carbocycles. The van der Waals surface area contributed by atoms with E-state index in [2.05, 4.69) is 15.9 Å². The number of hydrogen-bond donors (Lipinski definition) is 0. The number of nitrogens with zero attached hydrogens (tertiary/aromatic N) is 1. The number of carbonyl (C=O) groups is 2. The van der Waals surface area contributed by atoms with E-state index >= 15 is 0 Å². The van der Waals surface area contributed by atoms with Crippen LogP contribution in [0.25, 0.3) is 10.9 Å². The van der Waals surface area contributed by atoms with Gasteiger partial charge in [0, 0.05) is 16.3 Å². The number of fused-ring (bicyclic) bond motifs is 1. The van der Waals surface area contributed by atoms with Crippen LogP contribution in [0.1, 0.15) is 57.2 Å². The zero-order chi connectivity index (χ0) is 19.6. The Hall–Kier alpha value is -1.82. The van der Waals surface area contributed by atoms with Gasteiger partial charge in [-0.15, -0.1) is 0 Å². The molecule has 2 aromatic rings. The quantitative estimate of drug-likeness (QED) is 0.561. The second kappa shape index (κ2) is 8.05. The SMILES string of the molecule is CCCC(=O)On1c(C)c(CC2(CC(=O)OCC)CC2)c2cccc(Br)c21. The van der Waals surface area contributed by atoms with E-state index in [9.17, 15) is 9.59 Å². The van der Waals surface area contributed by atoms with Crippen molar-refractivity contribution in [3.8, 4) is 0 Å². The van der Waals surface area contributed by atoms with Gasteiger partial charge >= 0.3 is 11.9 Å². The number of esters is 1. The van der Waals surface area contributed by atoms with Crippen molar-refractivity contribution in [1.29, 1.82) is 0 Å². The van der Waals surface area contributed by atoms with Crippen molar-refractivity contribution in [3.63, 3.8) is 0 Å². The molecule has 6 heteroatoms. The van der Waals surface area contributed by atoms with Gasteiger partial charge in [0.25, 0.3) is 0 Å². The molecule has 0 saturated heterocycles. The van der Waals surface area contributed by atoms with Crippen molar-refractivity contribution in [2.45, 2.75) is 59.3 Å². The van der Waals surface area contributed by atoms with E-state index in [-0.39, 0.29) is 17.4 Å². The topological polar surface area (TPSA) is 57.5 Å². The lowest BCUT2D eigenvalue weighted by atomic mass is 9.91. The summed E-state index contributed by atoms with van der Waals surface area (Å²) in [4.78, 5) is 29.8. The molecule has 3 rings (SSSR count). The molecule has 0 radical (unpaired) electrons. The van der Waals surface area contributed by atoms with Crippen LogP contribution in [-0.4, -0.2) is 23.3 Å². The van der Waals surface area contributed by atoms with Gasteiger partial charge in [-0.3, -0.25) is 4.79 Å². The van der Waals surface area contributed by atoms with Gasteiger partial charge in [-0.2, -0.15) is 4.73 Å². The van der Waals surface area contributed by atoms with Crippen molar-refractivity contribution < 1.29 is 19.2 Å². The lowest BCUT2D eigenvalue weighted by Gasteiger charge is -2.15. The molecular weight excluding hydrogens is 410 g/mol. The highest BCUT2D eigenvalue weighted by molar-refractivity contribution is 9.10. The maximum Gasteiger partial charge on any atom is 0.332 e. The fraction of sp³-hybridized carbons (Fsp3) is 0.524. The van der Waals surface area contributed by atoms with Crippen LogP contribution < -0.4 is 4.84 Å². The first kappa shape index (κ1) is 19.9. The van der Waals surface area contributed by atoms with E-state index in [1.807, 2.05) is 39.0 Å². The van der Waals surface area contributed by atoms with Crippen LogP contribution in [0.5, 0.6) is 0 Å². The highest BCUT2D eigenvalue weighted by atomic mass is 79.9. The predicted molar refractivity (Wildman–Crippen MR) is 107 cm³/mol. The second-order valence-electron chi connectivity index (χ2n) is 7.37. The molecule has 146 valence electrons. The number of hydrogen-bond acceptors (Lipinski definition) is 4. The summed E-state index contributed by atoms with van der Waals surface area (Å²) < 4.78 is 7.69. The molecule has 0 aliphatic heterocycles. The van der Waals surface area contributed by atoms with Gasteiger partial charge in [-0.05, 0) is 72.5 Å². The Balaban J connectivity index is 1.96. The van der Waals surface area contributed by atoms with Gasteiger partial charge in [0.2, 0.25) is 0 Å². The predicted octanol–water partition coefficient (Wildman–Crippen LogP) is 4.74. The minimum absolute atomic E-state index is 0.0358. The maximum atomic E-state index is 12.1. The van der Waals surface area contributed by atoms with Gasteiger partial charge < -0.3 is 9.57 Å². The molecule has 1 aromatic heterocycles. The molecule has 0 atom stereocenters. The fourth-order valence-corrected chi connectivity index (χ4v) is 4.15. The molecule has 0 spiro atoms. The number of carbonyl (C=O) groups excluding carboxylic acids is 2. The Labute approximate surface area is 168 Å². The molecule has 0 unspecified atom stereocenters. The van der Waals surface area contributed by atoms with Crippen molar-refractivity contribution in [2.75, 3.05) is 6.61 Å². The first-order valence-electron chi connectivity index (χ1n) is 9.56. The summed E-state index contributed by atoms with van der Waals surface area (Å²) >= 11 is 3.59. The van der Waals surface area contributed by atoms with Crippen molar-refractivity contribution in [3.05, 3.63) is 33.9 Å². The summed E-state index contributed by atoms with van der Waals surface area (Å²) in [6, 6.07) is 5.98. The molecule has 1 saturated carbocycles. The Morgan fingerprint density at radius 3 is 2.59 bits per heavy atom. The van der Waals surface area contributed by atoms with Gasteiger partial charge in [-0.25, -0.2) is 4.79 Å². The van der Waals surface area contributed by atoms with E-state index in [0.29, 0.717) is 19.4 Å². The number of benzene rings is 1. The zero-order valence-corrected chi connectivity index (χ0v) is 17.7. The first-order chi connectivity index (χ1) is 12.9. The normalized spacial score (nSPS) is 15.0. The van der Waals surface area contributed by atoms with Crippen molar-refractivity contribution in [1.82, 2.24) is 4.73 Å². The lowest BCUT2D eigenvalue weighted by molar-refractivity contribution is -0.145. The smallest absolute Gasteiger partial charge is 0.332 e. The summed E-state index contributed by atoms with van der Waals surface area (Å²) in [7, 11) is 0. The van der Waals surface area contributed by atoms with Crippen LogP contribution in [0.15, 0.2) is 22.7 Å². The van der Waals surface area contributed by atoms with Crippen molar-refractivity contribution in [2.24, 2.45) is 5.41 Å². The summed E-state index contributed by atoms with van der Waals surface area (Å²) in [5.41, 5.74) is 2.88. The third-order valence-corrected chi connectivity index (χ3v) is 5.88. The van der Waals surface area contributed by atoms with Crippen LogP contribution in [-0.2, 0) is 20.7 Å². The number of para-hydroxylation sites is 1. The molecule has 1 aromatic carbocycles.